The van der Waals surface area contributed by atoms with Crippen LogP contribution in [0.4, 0.5) is 13.2 Å². The quantitative estimate of drug-likeness (QED) is 0.899. The van der Waals surface area contributed by atoms with Gasteiger partial charge in [-0.2, -0.15) is 13.2 Å². The summed E-state index contributed by atoms with van der Waals surface area (Å²) in [6, 6.07) is 4.58. The smallest absolute Gasteiger partial charge is 0.370 e. The van der Waals surface area contributed by atoms with Crippen LogP contribution in [-0.2, 0) is 16.5 Å². The van der Waals surface area contributed by atoms with Crippen LogP contribution in [0.15, 0.2) is 41.4 Å². The minimum Gasteiger partial charge on any atom is -0.370 e. The number of nitrogens with zero attached hydrogens (tertiary/aromatic N) is 1. The Labute approximate surface area is 107 Å². The summed E-state index contributed by atoms with van der Waals surface area (Å²) in [7, 11) is 0. The van der Waals surface area contributed by atoms with Gasteiger partial charge < -0.3 is 5.73 Å². The fourth-order valence-electron chi connectivity index (χ4n) is 2.01. The summed E-state index contributed by atoms with van der Waals surface area (Å²) in [6.07, 6.45) is 0.330. The van der Waals surface area contributed by atoms with Crippen molar-refractivity contribution in [1.82, 2.24) is 0 Å². The predicted molar refractivity (Wildman–Crippen MR) is 64.6 cm³/mol. The Morgan fingerprint density at radius 3 is 2.32 bits per heavy atom. The average molecular weight is 268 g/mol. The van der Waals surface area contributed by atoms with E-state index in [-0.39, 0.29) is 6.42 Å². The Bertz CT molecular complexity index is 532. The van der Waals surface area contributed by atoms with Gasteiger partial charge in [0.1, 0.15) is 5.54 Å². The molecule has 6 heteroatoms. The third-order valence-electron chi connectivity index (χ3n) is 2.92. The number of benzene rings is 1. The van der Waals surface area contributed by atoms with E-state index in [1.807, 2.05) is 0 Å². The number of halogens is 3. The molecule has 1 amide bonds. The largest absolute Gasteiger partial charge is 0.416 e. The molecule has 3 nitrogen and oxygen atoms in total. The second kappa shape index (κ2) is 4.53. The number of carbonyl (C=O) groups is 1. The summed E-state index contributed by atoms with van der Waals surface area (Å²) in [5.74, 6) is -0.566. The van der Waals surface area contributed by atoms with E-state index in [1.165, 1.54) is 18.3 Å². The SMILES string of the molecule is NC(=O)CC1(c2ccc(C(F)(F)F)cc2)C=CC=N1. The van der Waals surface area contributed by atoms with Gasteiger partial charge in [-0.25, -0.2) is 0 Å². The van der Waals surface area contributed by atoms with Crippen LogP contribution < -0.4 is 5.73 Å². The van der Waals surface area contributed by atoms with E-state index in [4.69, 9.17) is 5.73 Å². The zero-order valence-electron chi connectivity index (χ0n) is 9.82. The maximum absolute atomic E-state index is 12.5. The van der Waals surface area contributed by atoms with Crippen LogP contribution in [0.3, 0.4) is 0 Å². The van der Waals surface area contributed by atoms with Crippen LogP contribution in [0.5, 0.6) is 0 Å². The molecule has 1 unspecified atom stereocenters. The van der Waals surface area contributed by atoms with Gasteiger partial charge in [0.15, 0.2) is 0 Å². The molecule has 0 aliphatic carbocycles. The Morgan fingerprint density at radius 1 is 1.26 bits per heavy atom. The third kappa shape index (κ3) is 2.67. The molecule has 1 aromatic rings. The molecule has 2 N–H and O–H groups in total. The zero-order chi connectivity index (χ0) is 14.1. The normalized spacial score (nSPS) is 21.8. The lowest BCUT2D eigenvalue weighted by Gasteiger charge is -2.23. The van der Waals surface area contributed by atoms with Gasteiger partial charge >= 0.3 is 6.18 Å². The number of hydrogen-bond donors (Lipinski definition) is 1. The number of amides is 1. The highest BCUT2D eigenvalue weighted by atomic mass is 19.4. The van der Waals surface area contributed by atoms with Crippen molar-refractivity contribution >= 4 is 12.1 Å². The van der Waals surface area contributed by atoms with E-state index in [9.17, 15) is 18.0 Å². The molecule has 0 radical (unpaired) electrons. The van der Waals surface area contributed by atoms with Crippen molar-refractivity contribution in [2.75, 3.05) is 0 Å². The van der Waals surface area contributed by atoms with Crippen LogP contribution >= 0.6 is 0 Å². The van der Waals surface area contributed by atoms with Crippen LogP contribution in [-0.4, -0.2) is 12.1 Å². The number of rotatable bonds is 3. The van der Waals surface area contributed by atoms with Crippen LogP contribution in [0.2, 0.25) is 0 Å². The summed E-state index contributed by atoms with van der Waals surface area (Å²) in [6.45, 7) is 0. The van der Waals surface area contributed by atoms with Gasteiger partial charge in [-0.05, 0) is 23.8 Å². The monoisotopic (exact) mass is 268 g/mol. The van der Waals surface area contributed by atoms with Crippen molar-refractivity contribution in [3.05, 3.63) is 47.5 Å². The summed E-state index contributed by atoms with van der Waals surface area (Å²) >= 11 is 0. The first-order chi connectivity index (χ1) is 8.83. The van der Waals surface area contributed by atoms with Gasteiger partial charge in [-0.3, -0.25) is 9.79 Å². The summed E-state index contributed by atoms with van der Waals surface area (Å²) in [5.41, 5.74) is 3.96. The van der Waals surface area contributed by atoms with E-state index in [2.05, 4.69) is 4.99 Å². The summed E-state index contributed by atoms with van der Waals surface area (Å²) in [4.78, 5) is 15.2. The van der Waals surface area contributed by atoms with Crippen LogP contribution in [0.1, 0.15) is 17.5 Å². The maximum atomic E-state index is 12.5. The Balaban J connectivity index is 2.37. The molecule has 0 saturated heterocycles. The topological polar surface area (TPSA) is 55.5 Å². The predicted octanol–water partition coefficient (Wildman–Crippen LogP) is 2.42. The number of primary amides is 1. The van der Waals surface area contributed by atoms with Crippen molar-refractivity contribution in [2.24, 2.45) is 10.7 Å². The van der Waals surface area contributed by atoms with Crippen molar-refractivity contribution < 1.29 is 18.0 Å². The first kappa shape index (κ1) is 13.3. The molecular weight excluding hydrogens is 257 g/mol. The summed E-state index contributed by atoms with van der Waals surface area (Å²) in [5, 5.41) is 0. The second-order valence-corrected chi connectivity index (χ2v) is 4.28. The lowest BCUT2D eigenvalue weighted by molar-refractivity contribution is -0.137. The molecule has 0 bridgehead atoms. The van der Waals surface area contributed by atoms with Crippen molar-refractivity contribution in [3.8, 4) is 0 Å². The molecule has 1 atom stereocenters. The molecular formula is C13H11F3N2O. The molecule has 0 saturated carbocycles. The van der Waals surface area contributed by atoms with E-state index >= 15 is 0 Å². The zero-order valence-corrected chi connectivity index (χ0v) is 9.82. The lowest BCUT2D eigenvalue weighted by atomic mass is 9.87. The minimum atomic E-state index is -4.38. The highest BCUT2D eigenvalue weighted by Gasteiger charge is 2.34. The maximum Gasteiger partial charge on any atom is 0.416 e. The minimum absolute atomic E-state index is 0.0780. The summed E-state index contributed by atoms with van der Waals surface area (Å²) < 4.78 is 37.5. The molecule has 1 aromatic carbocycles. The molecule has 2 rings (SSSR count). The highest BCUT2D eigenvalue weighted by molar-refractivity contribution is 5.81. The fourth-order valence-corrected chi connectivity index (χ4v) is 2.01. The lowest BCUT2D eigenvalue weighted by Crippen LogP contribution is -2.27. The van der Waals surface area contributed by atoms with E-state index in [1.54, 1.807) is 12.2 Å². The Hall–Kier alpha value is -2.11. The molecule has 1 heterocycles. The van der Waals surface area contributed by atoms with Crippen molar-refractivity contribution in [3.63, 3.8) is 0 Å². The van der Waals surface area contributed by atoms with Gasteiger partial charge in [0.05, 0.1) is 12.0 Å². The van der Waals surface area contributed by atoms with Crippen LogP contribution in [0.25, 0.3) is 0 Å². The Morgan fingerprint density at radius 2 is 1.89 bits per heavy atom. The van der Waals surface area contributed by atoms with Gasteiger partial charge in [-0.1, -0.05) is 18.2 Å². The van der Waals surface area contributed by atoms with E-state index < -0.39 is 23.2 Å². The molecule has 1 aliphatic heterocycles. The molecule has 0 spiro atoms. The number of aliphatic imine (C=N–C) groups is 1. The Kier molecular flexibility index (Phi) is 3.18. The molecule has 0 fully saturated rings. The molecule has 100 valence electrons. The number of alkyl halides is 3. The molecule has 19 heavy (non-hydrogen) atoms. The first-order valence-corrected chi connectivity index (χ1v) is 5.53. The third-order valence-corrected chi connectivity index (χ3v) is 2.92. The standard InChI is InChI=1S/C13H11F3N2O/c14-13(15,16)10-4-2-9(3-5-10)12(8-11(17)19)6-1-7-18-12/h1-7H,8H2,(H2,17,19). The highest BCUT2D eigenvalue weighted by Crippen LogP contribution is 2.36. The fraction of sp³-hybridized carbons (Fsp3) is 0.231. The molecule has 1 aliphatic rings. The van der Waals surface area contributed by atoms with Gasteiger partial charge in [-0.15, -0.1) is 0 Å². The van der Waals surface area contributed by atoms with E-state index in [0.29, 0.717) is 5.56 Å². The van der Waals surface area contributed by atoms with Gasteiger partial charge in [0, 0.05) is 6.21 Å². The van der Waals surface area contributed by atoms with Gasteiger partial charge in [0.25, 0.3) is 0 Å². The molecule has 0 aromatic heterocycles. The van der Waals surface area contributed by atoms with E-state index in [0.717, 1.165) is 12.1 Å². The first-order valence-electron chi connectivity index (χ1n) is 5.53. The number of nitrogens with two attached hydrogens (primary N) is 1. The van der Waals surface area contributed by atoms with Crippen molar-refractivity contribution in [1.29, 1.82) is 0 Å². The van der Waals surface area contributed by atoms with Crippen LogP contribution in [0, 0.1) is 0 Å². The van der Waals surface area contributed by atoms with Crippen molar-refractivity contribution in [2.45, 2.75) is 18.1 Å². The average Bonchev–Trinajstić information content (AvgIpc) is 2.77. The second-order valence-electron chi connectivity index (χ2n) is 4.28. The number of hydrogen-bond acceptors (Lipinski definition) is 2. The number of carbonyl (C=O) groups excluding carboxylic acids is 1. The number of allylic oxidation sites excluding steroid dienone is 1. The van der Waals surface area contributed by atoms with Gasteiger partial charge in [0.2, 0.25) is 5.91 Å².